The van der Waals surface area contributed by atoms with E-state index in [9.17, 15) is 28.8 Å². The van der Waals surface area contributed by atoms with Crippen molar-refractivity contribution in [3.63, 3.8) is 0 Å². The van der Waals surface area contributed by atoms with Crippen LogP contribution >= 0.6 is 31.9 Å². The van der Waals surface area contributed by atoms with Gasteiger partial charge in [-0.25, -0.2) is 28.8 Å². The van der Waals surface area contributed by atoms with Crippen LogP contribution in [0.5, 0.6) is 0 Å². The molecule has 0 unspecified atom stereocenters. The van der Waals surface area contributed by atoms with Gasteiger partial charge in [0.05, 0.1) is 35.5 Å². The average Bonchev–Trinajstić information content (AvgIpc) is 3.14. The molecule has 0 heterocycles. The van der Waals surface area contributed by atoms with Crippen molar-refractivity contribution in [2.45, 2.75) is 68.7 Å². The Labute approximate surface area is 338 Å². The number of carboxylic acid groups (broad SMARTS) is 1. The normalized spacial score (nSPS) is 10.9. The Bertz CT molecular complexity index is 1200. The summed E-state index contributed by atoms with van der Waals surface area (Å²) >= 11 is 6.31. The zero-order valence-electron chi connectivity index (χ0n) is 32.9. The fourth-order valence-electron chi connectivity index (χ4n) is 2.10. The van der Waals surface area contributed by atoms with Gasteiger partial charge in [0.25, 0.3) is 0 Å². The second-order valence-corrected chi connectivity index (χ2v) is 10.3. The van der Waals surface area contributed by atoms with Crippen LogP contribution in [0.2, 0.25) is 0 Å². The van der Waals surface area contributed by atoms with Crippen LogP contribution in [-0.4, -0.2) is 87.1 Å². The van der Waals surface area contributed by atoms with Crippen LogP contribution in [0, 0.1) is 0 Å². The van der Waals surface area contributed by atoms with Gasteiger partial charge in [-0.3, -0.25) is 0 Å². The summed E-state index contributed by atoms with van der Waals surface area (Å²) in [6, 6.07) is 0. The lowest BCUT2D eigenvalue weighted by atomic mass is 10.2. The number of carbonyl (C=O) groups is 6. The fraction of sp³-hybridized carbons (Fsp3) is 0.459. The maximum Gasteiger partial charge on any atom is 0.334 e. The lowest BCUT2D eigenvalue weighted by Crippen LogP contribution is -3.00. The smallest absolute Gasteiger partial charge is 0.334 e. The molecular weight excluding hydrogens is 876 g/mol. The van der Waals surface area contributed by atoms with Gasteiger partial charge in [-0.2, -0.15) is 0 Å². The lowest BCUT2D eigenvalue weighted by Gasteiger charge is -1.97. The zero-order chi connectivity index (χ0) is 41.5. The van der Waals surface area contributed by atoms with Crippen LogP contribution in [-0.2, 0) is 52.5 Å². The highest BCUT2D eigenvalue weighted by atomic mass is 79.9. The summed E-state index contributed by atoms with van der Waals surface area (Å²) in [5.74, 6) is -2.19. The Hall–Kier alpha value is -3.56. The van der Waals surface area contributed by atoms with Crippen molar-refractivity contribution < 1.29 is 74.5 Å². The summed E-state index contributed by atoms with van der Waals surface area (Å²) in [7, 11) is 6.84. The zero-order valence-corrected chi connectivity index (χ0v) is 37.7. The minimum absolute atomic E-state index is 0. The van der Waals surface area contributed by atoms with E-state index in [2.05, 4.69) is 62.1 Å². The number of hydrogen-bond donors (Lipinski definition) is 1. The maximum absolute atomic E-state index is 10.7. The summed E-state index contributed by atoms with van der Waals surface area (Å²) in [5, 5.41) is 9.35. The monoisotopic (exact) mass is 931 g/mol. The number of aliphatic carboxylic acids is 1. The van der Waals surface area contributed by atoms with Crippen LogP contribution in [0.15, 0.2) is 82.5 Å². The van der Waals surface area contributed by atoms with E-state index in [0.29, 0.717) is 44.1 Å². The van der Waals surface area contributed by atoms with Crippen molar-refractivity contribution in [3.05, 3.63) is 82.5 Å². The van der Waals surface area contributed by atoms with Crippen molar-refractivity contribution in [1.29, 1.82) is 0 Å². The first-order valence-electron chi connectivity index (χ1n) is 15.1. The number of alkyl halides is 2. The molecule has 12 nitrogen and oxygen atoms in total. The molecule has 0 rings (SSSR count). The van der Waals surface area contributed by atoms with Crippen LogP contribution in [0.1, 0.15) is 68.7 Å². The predicted molar refractivity (Wildman–Crippen MR) is 210 cm³/mol. The second kappa shape index (κ2) is 45.5. The Balaban J connectivity index is -0.0000000933. The summed E-state index contributed by atoms with van der Waals surface area (Å²) in [5.41, 5.74) is 3.56. The molecule has 0 radical (unpaired) electrons. The molecule has 0 saturated carbocycles. The molecule has 0 saturated heterocycles. The number of halogens is 3. The molecule has 0 aromatic carbocycles. The molecule has 0 aliphatic rings. The molecule has 0 aromatic heterocycles. The van der Waals surface area contributed by atoms with Crippen LogP contribution in [0.4, 0.5) is 0 Å². The Kier molecular flexibility index (Phi) is 55.5. The van der Waals surface area contributed by atoms with Crippen molar-refractivity contribution in [2.24, 2.45) is 0 Å². The first kappa shape index (κ1) is 63.5. The molecule has 0 aliphatic heterocycles. The molecule has 300 valence electrons. The number of rotatable bonds is 10. The first-order chi connectivity index (χ1) is 23.8. The standard InChI is InChI=1S/C7H12O2.C7H10O2.2C6H9BrO2.C6H10O2.C5H8O2.BrH/c2*1-4-5-6(2)7(8)9-3;1-5(3-4-7)6(8)9-2;1-3-5(4-7)6(8)9-2;1-4-5(2)6(7)8-3;1-3-4(2)5(6)7;/h5H,4H2,1-3H3;4-5H,1H2,2-3H3;2*3H,4H2,1-2H3;4H,1-3H3;3H,1-2H3,(H,6,7);1H/p-1/b2*6-5+;2*5-3+;5-4+;4-3+;. The molecule has 52 heavy (non-hydrogen) atoms. The highest BCUT2D eigenvalue weighted by Gasteiger charge is 2.04. The van der Waals surface area contributed by atoms with Gasteiger partial charge < -0.3 is 45.8 Å². The summed E-state index contributed by atoms with van der Waals surface area (Å²) in [4.78, 5) is 62.7. The Morgan fingerprint density at radius 3 is 1.12 bits per heavy atom. The van der Waals surface area contributed by atoms with Gasteiger partial charge in [-0.15, -0.1) is 0 Å². The predicted octanol–water partition coefficient (Wildman–Crippen LogP) is 4.98. The maximum atomic E-state index is 10.7. The molecule has 0 spiro atoms. The minimum Gasteiger partial charge on any atom is -1.00 e. The molecule has 0 aliphatic carbocycles. The topological polar surface area (TPSA) is 169 Å². The van der Waals surface area contributed by atoms with Crippen molar-refractivity contribution in [3.8, 4) is 0 Å². The Morgan fingerprint density at radius 2 is 0.923 bits per heavy atom. The van der Waals surface area contributed by atoms with Crippen LogP contribution in [0.25, 0.3) is 0 Å². The molecular formula is C37H58Br3O12-. The van der Waals surface area contributed by atoms with E-state index in [1.165, 1.54) is 35.5 Å². The van der Waals surface area contributed by atoms with Gasteiger partial charge in [-0.1, -0.05) is 87.9 Å². The number of hydrogen-bond acceptors (Lipinski definition) is 11. The minimum atomic E-state index is -0.845. The van der Waals surface area contributed by atoms with E-state index in [0.717, 1.165) is 6.42 Å². The molecule has 15 heteroatoms. The van der Waals surface area contributed by atoms with Crippen molar-refractivity contribution >= 4 is 67.7 Å². The number of methoxy groups -OCH3 is 5. The molecule has 0 aromatic rings. The van der Waals surface area contributed by atoms with Crippen LogP contribution in [0.3, 0.4) is 0 Å². The number of allylic oxidation sites excluding steroid dienone is 7. The van der Waals surface area contributed by atoms with E-state index in [1.807, 2.05) is 13.0 Å². The van der Waals surface area contributed by atoms with Crippen molar-refractivity contribution in [1.82, 2.24) is 0 Å². The molecule has 0 bridgehead atoms. The average molecular weight is 935 g/mol. The van der Waals surface area contributed by atoms with E-state index < -0.39 is 5.97 Å². The largest absolute Gasteiger partial charge is 1.00 e. The third kappa shape index (κ3) is 42.6. The Morgan fingerprint density at radius 1 is 0.577 bits per heavy atom. The third-order valence-electron chi connectivity index (χ3n) is 5.43. The second-order valence-electron chi connectivity index (χ2n) is 9.08. The molecule has 0 fully saturated rings. The highest BCUT2D eigenvalue weighted by molar-refractivity contribution is 9.09. The molecule has 1 N–H and O–H groups in total. The summed E-state index contributed by atoms with van der Waals surface area (Å²) in [6.45, 7) is 19.1. The van der Waals surface area contributed by atoms with Gasteiger partial charge in [0.15, 0.2) is 0 Å². The lowest BCUT2D eigenvalue weighted by molar-refractivity contribution is -0.136. The van der Waals surface area contributed by atoms with E-state index >= 15 is 0 Å². The van der Waals surface area contributed by atoms with E-state index in [1.54, 1.807) is 91.8 Å². The van der Waals surface area contributed by atoms with Gasteiger partial charge in [-0.05, 0) is 61.8 Å². The molecule has 0 atom stereocenters. The number of carbonyl (C=O) groups excluding carboxylic acids is 5. The highest BCUT2D eigenvalue weighted by Crippen LogP contribution is 2.01. The number of carboxylic acids is 1. The van der Waals surface area contributed by atoms with Crippen molar-refractivity contribution in [2.75, 3.05) is 46.2 Å². The van der Waals surface area contributed by atoms with E-state index in [-0.39, 0.29) is 46.8 Å². The fourth-order valence-corrected chi connectivity index (χ4v) is 3.14. The first-order valence-corrected chi connectivity index (χ1v) is 17.4. The third-order valence-corrected chi connectivity index (χ3v) is 6.36. The SMILES string of the molecule is C/C=C(\C)C(=O)O.C/C=C(\C)C(=O)OC.C/C=C(\CBr)C(=O)OC.C=C/C=C(\C)C(=O)OC.CC/C=C(\C)C(=O)OC.COC(=O)/C(C)=C/CBr.[Br-]. The van der Waals surface area contributed by atoms with Crippen LogP contribution < -0.4 is 17.0 Å². The number of ether oxygens (including phenoxy) is 5. The number of esters is 5. The quantitative estimate of drug-likeness (QED) is 0.103. The van der Waals surface area contributed by atoms with Gasteiger partial charge in [0.2, 0.25) is 0 Å². The molecule has 0 amide bonds. The van der Waals surface area contributed by atoms with E-state index in [4.69, 9.17) is 5.11 Å². The van der Waals surface area contributed by atoms with Gasteiger partial charge in [0.1, 0.15) is 0 Å². The summed E-state index contributed by atoms with van der Waals surface area (Å²) < 4.78 is 22.2. The van der Waals surface area contributed by atoms with Gasteiger partial charge >= 0.3 is 35.8 Å². The van der Waals surface area contributed by atoms with Gasteiger partial charge in [0, 0.05) is 44.1 Å². The summed E-state index contributed by atoms with van der Waals surface area (Å²) in [6.07, 6.45) is 12.6.